The molecule has 4 rings (SSSR count). The van der Waals surface area contributed by atoms with Gasteiger partial charge in [0.15, 0.2) is 0 Å². The SMILES string of the molecule is O=C(c1cc(NCCc2ccccc2)ncn1)N1CCc2ccccc2C1. The molecule has 3 aromatic rings. The van der Waals surface area contributed by atoms with Crippen molar-refractivity contribution in [3.05, 3.63) is 89.4 Å². The fourth-order valence-electron chi connectivity index (χ4n) is 3.38. The first-order valence-corrected chi connectivity index (χ1v) is 9.25. The lowest BCUT2D eigenvalue weighted by Gasteiger charge is -2.28. The van der Waals surface area contributed by atoms with E-state index in [2.05, 4.69) is 39.6 Å². The minimum Gasteiger partial charge on any atom is -0.370 e. The minimum atomic E-state index is -0.0435. The minimum absolute atomic E-state index is 0.0435. The van der Waals surface area contributed by atoms with Gasteiger partial charge >= 0.3 is 0 Å². The van der Waals surface area contributed by atoms with Crippen LogP contribution in [0.3, 0.4) is 0 Å². The summed E-state index contributed by atoms with van der Waals surface area (Å²) in [6, 6.07) is 20.3. The molecule has 1 aliphatic heterocycles. The first-order chi connectivity index (χ1) is 13.3. The Morgan fingerprint density at radius 3 is 2.63 bits per heavy atom. The Morgan fingerprint density at radius 1 is 1.00 bits per heavy atom. The van der Waals surface area contributed by atoms with Crippen molar-refractivity contribution < 1.29 is 4.79 Å². The van der Waals surface area contributed by atoms with E-state index in [1.165, 1.54) is 23.0 Å². The highest BCUT2D eigenvalue weighted by molar-refractivity contribution is 5.93. The van der Waals surface area contributed by atoms with Gasteiger partial charge in [0.25, 0.3) is 5.91 Å². The molecule has 2 aromatic carbocycles. The standard InChI is InChI=1S/C22H22N4O/c27-22(26-13-11-18-8-4-5-9-19(18)15-26)20-14-21(25-16-24-20)23-12-10-17-6-2-1-3-7-17/h1-9,14,16H,10-13,15H2,(H,23,24,25). The fraction of sp³-hybridized carbons (Fsp3) is 0.227. The second-order valence-electron chi connectivity index (χ2n) is 6.70. The topological polar surface area (TPSA) is 58.1 Å². The van der Waals surface area contributed by atoms with Gasteiger partial charge in [0.1, 0.15) is 17.8 Å². The van der Waals surface area contributed by atoms with Gasteiger partial charge in [0, 0.05) is 25.7 Å². The summed E-state index contributed by atoms with van der Waals surface area (Å²) < 4.78 is 0. The number of amides is 1. The molecular weight excluding hydrogens is 336 g/mol. The molecular formula is C22H22N4O. The number of anilines is 1. The summed E-state index contributed by atoms with van der Waals surface area (Å²) in [5.74, 6) is 0.639. The van der Waals surface area contributed by atoms with Gasteiger partial charge in [-0.3, -0.25) is 4.79 Å². The summed E-state index contributed by atoms with van der Waals surface area (Å²) in [7, 11) is 0. The van der Waals surface area contributed by atoms with Gasteiger partial charge in [0.05, 0.1) is 0 Å². The summed E-state index contributed by atoms with van der Waals surface area (Å²) in [5.41, 5.74) is 4.24. The third-order valence-electron chi connectivity index (χ3n) is 4.87. The molecule has 2 heterocycles. The monoisotopic (exact) mass is 358 g/mol. The quantitative estimate of drug-likeness (QED) is 0.760. The molecule has 27 heavy (non-hydrogen) atoms. The van der Waals surface area contributed by atoms with Crippen molar-refractivity contribution in [2.24, 2.45) is 0 Å². The Kier molecular flexibility index (Phi) is 5.10. The fourth-order valence-corrected chi connectivity index (χ4v) is 3.38. The lowest BCUT2D eigenvalue weighted by Crippen LogP contribution is -2.36. The molecule has 0 fully saturated rings. The van der Waals surface area contributed by atoms with Gasteiger partial charge in [-0.25, -0.2) is 9.97 Å². The summed E-state index contributed by atoms with van der Waals surface area (Å²) in [5, 5.41) is 3.29. The van der Waals surface area contributed by atoms with Crippen LogP contribution in [0, 0.1) is 0 Å². The average molecular weight is 358 g/mol. The van der Waals surface area contributed by atoms with Gasteiger partial charge in [0.2, 0.25) is 0 Å². The number of rotatable bonds is 5. The summed E-state index contributed by atoms with van der Waals surface area (Å²) in [4.78, 5) is 23.2. The smallest absolute Gasteiger partial charge is 0.272 e. The van der Waals surface area contributed by atoms with E-state index in [0.29, 0.717) is 18.1 Å². The molecule has 0 spiro atoms. The molecule has 0 radical (unpaired) electrons. The summed E-state index contributed by atoms with van der Waals surface area (Å²) in [6.45, 7) is 2.11. The van der Waals surface area contributed by atoms with E-state index in [9.17, 15) is 4.79 Å². The number of aromatic nitrogens is 2. The molecule has 5 heteroatoms. The van der Waals surface area contributed by atoms with Crippen molar-refractivity contribution in [1.29, 1.82) is 0 Å². The molecule has 1 amide bonds. The Morgan fingerprint density at radius 2 is 1.78 bits per heavy atom. The Bertz CT molecular complexity index is 926. The summed E-state index contributed by atoms with van der Waals surface area (Å²) in [6.07, 6.45) is 3.24. The van der Waals surface area contributed by atoms with E-state index >= 15 is 0 Å². The molecule has 1 aromatic heterocycles. The van der Waals surface area contributed by atoms with E-state index in [-0.39, 0.29) is 5.91 Å². The van der Waals surface area contributed by atoms with Crippen LogP contribution in [0.15, 0.2) is 67.0 Å². The van der Waals surface area contributed by atoms with Gasteiger partial charge in [-0.05, 0) is 29.5 Å². The molecule has 0 bridgehead atoms. The Hall–Kier alpha value is -3.21. The van der Waals surface area contributed by atoms with E-state index < -0.39 is 0 Å². The maximum atomic E-state index is 12.9. The van der Waals surface area contributed by atoms with Crippen LogP contribution < -0.4 is 5.32 Å². The van der Waals surface area contributed by atoms with Crippen LogP contribution in [0.4, 0.5) is 5.82 Å². The molecule has 0 aliphatic carbocycles. The molecule has 1 N–H and O–H groups in total. The van der Waals surface area contributed by atoms with Crippen molar-refractivity contribution in [2.75, 3.05) is 18.4 Å². The highest BCUT2D eigenvalue weighted by atomic mass is 16.2. The van der Waals surface area contributed by atoms with Crippen LogP contribution >= 0.6 is 0 Å². The van der Waals surface area contributed by atoms with Gasteiger partial charge < -0.3 is 10.2 Å². The van der Waals surface area contributed by atoms with Crippen molar-refractivity contribution in [1.82, 2.24) is 14.9 Å². The van der Waals surface area contributed by atoms with Crippen molar-refractivity contribution in [2.45, 2.75) is 19.4 Å². The van der Waals surface area contributed by atoms with Crippen LogP contribution in [-0.4, -0.2) is 33.9 Å². The third-order valence-corrected chi connectivity index (χ3v) is 4.87. The molecule has 0 saturated heterocycles. The number of carbonyl (C=O) groups excluding carboxylic acids is 1. The number of nitrogens with one attached hydrogen (secondary N) is 1. The maximum Gasteiger partial charge on any atom is 0.272 e. The molecule has 136 valence electrons. The van der Waals surface area contributed by atoms with Gasteiger partial charge in [-0.2, -0.15) is 0 Å². The molecule has 0 saturated carbocycles. The van der Waals surface area contributed by atoms with Crippen LogP contribution in [-0.2, 0) is 19.4 Å². The zero-order chi connectivity index (χ0) is 18.5. The molecule has 0 unspecified atom stereocenters. The Labute approximate surface area is 159 Å². The predicted octanol–water partition coefficient (Wildman–Crippen LogP) is 3.33. The highest BCUT2D eigenvalue weighted by Gasteiger charge is 2.22. The van der Waals surface area contributed by atoms with Gasteiger partial charge in [-0.1, -0.05) is 54.6 Å². The van der Waals surface area contributed by atoms with Crippen LogP contribution in [0.5, 0.6) is 0 Å². The number of hydrogen-bond acceptors (Lipinski definition) is 4. The van der Waals surface area contributed by atoms with Crippen molar-refractivity contribution >= 4 is 11.7 Å². The van der Waals surface area contributed by atoms with Crippen LogP contribution in [0.1, 0.15) is 27.2 Å². The Balaban J connectivity index is 1.39. The van der Waals surface area contributed by atoms with Gasteiger partial charge in [-0.15, -0.1) is 0 Å². The average Bonchev–Trinajstić information content (AvgIpc) is 2.74. The molecule has 5 nitrogen and oxygen atoms in total. The second-order valence-corrected chi connectivity index (χ2v) is 6.70. The van der Waals surface area contributed by atoms with E-state index in [1.807, 2.05) is 35.2 Å². The highest BCUT2D eigenvalue weighted by Crippen LogP contribution is 2.20. The molecule has 1 aliphatic rings. The number of carbonyl (C=O) groups is 1. The van der Waals surface area contributed by atoms with Crippen LogP contribution in [0.2, 0.25) is 0 Å². The third kappa shape index (κ3) is 4.14. The number of hydrogen-bond donors (Lipinski definition) is 1. The first kappa shape index (κ1) is 17.2. The van der Waals surface area contributed by atoms with Crippen LogP contribution in [0.25, 0.3) is 0 Å². The lowest BCUT2D eigenvalue weighted by atomic mass is 10.00. The van der Waals surface area contributed by atoms with Crippen molar-refractivity contribution in [3.8, 4) is 0 Å². The first-order valence-electron chi connectivity index (χ1n) is 9.25. The lowest BCUT2D eigenvalue weighted by molar-refractivity contribution is 0.0728. The van der Waals surface area contributed by atoms with Crippen molar-refractivity contribution in [3.63, 3.8) is 0 Å². The van der Waals surface area contributed by atoms with E-state index in [0.717, 1.165) is 25.9 Å². The number of fused-ring (bicyclic) bond motifs is 1. The van der Waals surface area contributed by atoms with E-state index in [4.69, 9.17) is 0 Å². The van der Waals surface area contributed by atoms with E-state index in [1.54, 1.807) is 6.07 Å². The maximum absolute atomic E-state index is 12.9. The predicted molar refractivity (Wildman–Crippen MR) is 106 cm³/mol. The summed E-state index contributed by atoms with van der Waals surface area (Å²) >= 11 is 0. The largest absolute Gasteiger partial charge is 0.370 e. The number of nitrogens with zero attached hydrogens (tertiary/aromatic N) is 3. The number of benzene rings is 2. The normalized spacial score (nSPS) is 13.1. The molecule has 0 atom stereocenters. The zero-order valence-corrected chi connectivity index (χ0v) is 15.1. The second kappa shape index (κ2) is 7.99. The zero-order valence-electron chi connectivity index (χ0n) is 15.1.